The minimum absolute atomic E-state index is 0.0138. The van der Waals surface area contributed by atoms with Crippen molar-refractivity contribution in [2.75, 3.05) is 33.2 Å². The third kappa shape index (κ3) is 3.10. The van der Waals surface area contributed by atoms with Crippen LogP contribution in [0.15, 0.2) is 5.10 Å². The lowest BCUT2D eigenvalue weighted by atomic mass is 10.0. The molecule has 21 heavy (non-hydrogen) atoms. The van der Waals surface area contributed by atoms with Gasteiger partial charge in [-0.05, 0) is 38.8 Å². The molecule has 3 aliphatic rings. The van der Waals surface area contributed by atoms with Gasteiger partial charge in [0.2, 0.25) is 5.91 Å². The maximum atomic E-state index is 12.6. The second-order valence-corrected chi connectivity index (χ2v) is 6.25. The van der Waals surface area contributed by atoms with Gasteiger partial charge >= 0.3 is 0 Å². The Morgan fingerprint density at radius 3 is 2.62 bits per heavy atom. The Hall–Kier alpha value is -1.43. The van der Waals surface area contributed by atoms with Crippen LogP contribution in [0, 0.1) is 0 Å². The van der Waals surface area contributed by atoms with E-state index in [0.717, 1.165) is 19.5 Å². The summed E-state index contributed by atoms with van der Waals surface area (Å²) < 4.78 is 0. The number of rotatable bonds is 2. The van der Waals surface area contributed by atoms with Crippen molar-refractivity contribution >= 4 is 17.5 Å². The van der Waals surface area contributed by atoms with Crippen molar-refractivity contribution in [2.45, 2.75) is 44.6 Å². The summed E-state index contributed by atoms with van der Waals surface area (Å²) in [6.45, 7) is 3.98. The SMILES string of the molecule is CN1N=C(C(=O)N2CCCC(N3CCCC3)C2)CCC1=O. The molecule has 2 saturated heterocycles. The van der Waals surface area contributed by atoms with Crippen molar-refractivity contribution < 1.29 is 9.59 Å². The standard InChI is InChI=1S/C15H24N4O2/c1-17-14(20)7-6-13(16-17)15(21)19-10-4-5-12(11-19)18-8-2-3-9-18/h12H,2-11H2,1H3. The molecule has 3 heterocycles. The zero-order valence-electron chi connectivity index (χ0n) is 12.8. The van der Waals surface area contributed by atoms with Crippen LogP contribution in [0.2, 0.25) is 0 Å². The summed E-state index contributed by atoms with van der Waals surface area (Å²) in [4.78, 5) is 28.5. The lowest BCUT2D eigenvalue weighted by Crippen LogP contribution is -2.51. The molecule has 116 valence electrons. The number of hydrogen-bond acceptors (Lipinski definition) is 4. The van der Waals surface area contributed by atoms with Gasteiger partial charge in [0.25, 0.3) is 5.91 Å². The van der Waals surface area contributed by atoms with Crippen LogP contribution in [0.5, 0.6) is 0 Å². The summed E-state index contributed by atoms with van der Waals surface area (Å²) >= 11 is 0. The first-order valence-corrected chi connectivity index (χ1v) is 8.02. The second kappa shape index (κ2) is 6.13. The molecular weight excluding hydrogens is 268 g/mol. The van der Waals surface area contributed by atoms with Gasteiger partial charge in [-0.15, -0.1) is 0 Å². The Labute approximate surface area is 125 Å². The van der Waals surface area contributed by atoms with E-state index in [4.69, 9.17) is 0 Å². The smallest absolute Gasteiger partial charge is 0.270 e. The molecule has 0 N–H and O–H groups in total. The van der Waals surface area contributed by atoms with E-state index >= 15 is 0 Å². The largest absolute Gasteiger partial charge is 0.336 e. The van der Waals surface area contributed by atoms with E-state index in [9.17, 15) is 9.59 Å². The van der Waals surface area contributed by atoms with E-state index in [1.54, 1.807) is 7.05 Å². The molecule has 3 rings (SSSR count). The molecule has 2 fully saturated rings. The molecule has 1 atom stereocenters. The molecule has 0 aromatic carbocycles. The summed E-state index contributed by atoms with van der Waals surface area (Å²) in [5, 5.41) is 5.46. The van der Waals surface area contributed by atoms with Crippen LogP contribution in [0.3, 0.4) is 0 Å². The molecule has 0 aromatic heterocycles. The van der Waals surface area contributed by atoms with Gasteiger partial charge in [0, 0.05) is 39.0 Å². The zero-order chi connectivity index (χ0) is 14.8. The van der Waals surface area contributed by atoms with E-state index in [0.29, 0.717) is 24.6 Å². The normalized spacial score (nSPS) is 28.0. The highest BCUT2D eigenvalue weighted by Gasteiger charge is 2.32. The summed E-state index contributed by atoms with van der Waals surface area (Å²) in [6, 6.07) is 0.508. The van der Waals surface area contributed by atoms with Crippen molar-refractivity contribution in [1.82, 2.24) is 14.8 Å². The van der Waals surface area contributed by atoms with Gasteiger partial charge in [-0.3, -0.25) is 14.5 Å². The Bertz CT molecular complexity index is 457. The van der Waals surface area contributed by atoms with Crippen molar-refractivity contribution in [1.29, 1.82) is 0 Å². The molecule has 6 nitrogen and oxygen atoms in total. The lowest BCUT2D eigenvalue weighted by Gasteiger charge is -2.38. The third-order valence-corrected chi connectivity index (χ3v) is 4.79. The summed E-state index contributed by atoms with van der Waals surface area (Å²) in [7, 11) is 1.62. The van der Waals surface area contributed by atoms with Crippen LogP contribution in [-0.2, 0) is 9.59 Å². The number of carbonyl (C=O) groups excluding carboxylic acids is 2. The van der Waals surface area contributed by atoms with Gasteiger partial charge in [-0.2, -0.15) is 5.10 Å². The van der Waals surface area contributed by atoms with Crippen molar-refractivity contribution in [3.63, 3.8) is 0 Å². The molecule has 1 unspecified atom stereocenters. The first-order chi connectivity index (χ1) is 10.1. The predicted octanol–water partition coefficient (Wildman–Crippen LogP) is 0.681. The first-order valence-electron chi connectivity index (χ1n) is 8.02. The van der Waals surface area contributed by atoms with Crippen LogP contribution in [0.25, 0.3) is 0 Å². The third-order valence-electron chi connectivity index (χ3n) is 4.79. The van der Waals surface area contributed by atoms with Gasteiger partial charge < -0.3 is 4.90 Å². The maximum absolute atomic E-state index is 12.6. The molecule has 0 radical (unpaired) electrons. The Morgan fingerprint density at radius 1 is 1.14 bits per heavy atom. The molecule has 0 saturated carbocycles. The number of carbonyl (C=O) groups is 2. The van der Waals surface area contributed by atoms with Crippen molar-refractivity contribution in [3.8, 4) is 0 Å². The van der Waals surface area contributed by atoms with Crippen LogP contribution in [-0.4, -0.2) is 71.6 Å². The molecule has 0 aromatic rings. The molecule has 0 aliphatic carbocycles. The highest BCUT2D eigenvalue weighted by atomic mass is 16.2. The minimum atomic E-state index is -0.0138. The average molecular weight is 292 g/mol. The van der Waals surface area contributed by atoms with E-state index in [1.807, 2.05) is 4.90 Å². The number of hydrazone groups is 1. The molecule has 0 spiro atoms. The van der Waals surface area contributed by atoms with E-state index in [1.165, 1.54) is 37.4 Å². The Balaban J connectivity index is 1.64. The van der Waals surface area contributed by atoms with Gasteiger partial charge in [-0.1, -0.05) is 0 Å². The van der Waals surface area contributed by atoms with Gasteiger partial charge in [0.1, 0.15) is 5.71 Å². The minimum Gasteiger partial charge on any atom is -0.336 e. The molecule has 2 amide bonds. The topological polar surface area (TPSA) is 56.2 Å². The fraction of sp³-hybridized carbons (Fsp3) is 0.800. The van der Waals surface area contributed by atoms with Crippen LogP contribution in [0.1, 0.15) is 38.5 Å². The number of nitrogens with zero attached hydrogens (tertiary/aromatic N) is 4. The zero-order valence-corrected chi connectivity index (χ0v) is 12.8. The lowest BCUT2D eigenvalue weighted by molar-refractivity contribution is -0.131. The summed E-state index contributed by atoms with van der Waals surface area (Å²) in [5.41, 5.74) is 0.541. The van der Waals surface area contributed by atoms with Gasteiger partial charge in [0.05, 0.1) is 0 Å². The molecule has 3 aliphatic heterocycles. The highest BCUT2D eigenvalue weighted by molar-refractivity contribution is 6.39. The molecular formula is C15H24N4O2. The Morgan fingerprint density at radius 2 is 1.90 bits per heavy atom. The van der Waals surface area contributed by atoms with Crippen LogP contribution in [0.4, 0.5) is 0 Å². The molecule has 0 bridgehead atoms. The second-order valence-electron chi connectivity index (χ2n) is 6.25. The van der Waals surface area contributed by atoms with E-state index in [2.05, 4.69) is 10.0 Å². The maximum Gasteiger partial charge on any atom is 0.270 e. The number of piperidine rings is 1. The van der Waals surface area contributed by atoms with Gasteiger partial charge in [-0.25, -0.2) is 5.01 Å². The van der Waals surface area contributed by atoms with Gasteiger partial charge in [0.15, 0.2) is 0 Å². The number of likely N-dealkylation sites (tertiary alicyclic amines) is 2. The fourth-order valence-corrected chi connectivity index (χ4v) is 3.55. The number of hydrogen-bond donors (Lipinski definition) is 0. The Kier molecular flexibility index (Phi) is 4.24. The summed E-state index contributed by atoms with van der Waals surface area (Å²) in [6.07, 6.45) is 5.69. The predicted molar refractivity (Wildman–Crippen MR) is 79.8 cm³/mol. The number of amides is 2. The average Bonchev–Trinajstić information content (AvgIpc) is 3.04. The molecule has 6 heteroatoms. The monoisotopic (exact) mass is 292 g/mol. The fourth-order valence-electron chi connectivity index (χ4n) is 3.55. The van der Waals surface area contributed by atoms with E-state index < -0.39 is 0 Å². The van der Waals surface area contributed by atoms with E-state index in [-0.39, 0.29) is 11.8 Å². The summed E-state index contributed by atoms with van der Waals surface area (Å²) in [5.74, 6) is 0.0124. The quantitative estimate of drug-likeness (QED) is 0.752. The highest BCUT2D eigenvalue weighted by Crippen LogP contribution is 2.21. The van der Waals surface area contributed by atoms with Crippen molar-refractivity contribution in [3.05, 3.63) is 0 Å². The van der Waals surface area contributed by atoms with Crippen LogP contribution >= 0.6 is 0 Å². The first kappa shape index (κ1) is 14.5. The van der Waals surface area contributed by atoms with Crippen molar-refractivity contribution in [2.24, 2.45) is 5.10 Å². The van der Waals surface area contributed by atoms with Crippen LogP contribution < -0.4 is 0 Å².